The highest BCUT2D eigenvalue weighted by molar-refractivity contribution is 6.09. The van der Waals surface area contributed by atoms with Crippen molar-refractivity contribution in [2.45, 2.75) is 20.8 Å². The van der Waals surface area contributed by atoms with Gasteiger partial charge in [0.2, 0.25) is 0 Å². The molecule has 21 heavy (non-hydrogen) atoms. The number of nitrogens with zero attached hydrogens (tertiary/aromatic N) is 2. The van der Waals surface area contributed by atoms with Gasteiger partial charge in [0.25, 0.3) is 0 Å². The lowest BCUT2D eigenvalue weighted by Crippen LogP contribution is -2.04. The van der Waals surface area contributed by atoms with Crippen molar-refractivity contribution in [3.8, 4) is 11.5 Å². The summed E-state index contributed by atoms with van der Waals surface area (Å²) in [6.45, 7) is 6.70. The number of ketones is 1. The molecule has 0 aliphatic rings. The minimum Gasteiger partial charge on any atom is -0.490 e. The molecule has 5 heteroatoms. The summed E-state index contributed by atoms with van der Waals surface area (Å²) in [5.74, 6) is 1.18. The predicted octanol–water partition coefficient (Wildman–Crippen LogP) is 2.76. The topological polar surface area (TPSA) is 53.4 Å². The summed E-state index contributed by atoms with van der Waals surface area (Å²) in [6.07, 6.45) is 1.73. The van der Waals surface area contributed by atoms with Crippen molar-refractivity contribution in [3.05, 3.63) is 41.2 Å². The SMILES string of the molecule is CCOc1ccc(C(=O)c2cn(C)nc2C)cc1OCC. The molecule has 0 saturated heterocycles. The Balaban J connectivity index is 2.37. The van der Waals surface area contributed by atoms with E-state index in [1.165, 1.54) is 0 Å². The van der Waals surface area contributed by atoms with E-state index in [9.17, 15) is 4.79 Å². The highest BCUT2D eigenvalue weighted by Gasteiger charge is 2.17. The minimum atomic E-state index is -0.0652. The number of benzene rings is 1. The Bertz CT molecular complexity index is 647. The average molecular weight is 288 g/mol. The number of carbonyl (C=O) groups is 1. The first-order chi connectivity index (χ1) is 10.1. The standard InChI is InChI=1S/C16H20N2O3/c1-5-20-14-8-7-12(9-15(14)21-6-2)16(19)13-10-18(4)17-11(13)3/h7-10H,5-6H2,1-4H3. The van der Waals surface area contributed by atoms with Crippen LogP contribution in [0.25, 0.3) is 0 Å². The number of aryl methyl sites for hydroxylation is 2. The quantitative estimate of drug-likeness (QED) is 0.767. The summed E-state index contributed by atoms with van der Waals surface area (Å²) in [5, 5.41) is 4.20. The van der Waals surface area contributed by atoms with Gasteiger partial charge in [0, 0.05) is 18.8 Å². The molecule has 0 aliphatic carbocycles. The molecule has 112 valence electrons. The second-order valence-corrected chi connectivity index (χ2v) is 4.66. The fourth-order valence-corrected chi connectivity index (χ4v) is 2.17. The highest BCUT2D eigenvalue weighted by atomic mass is 16.5. The summed E-state index contributed by atoms with van der Waals surface area (Å²) in [4.78, 5) is 12.6. The zero-order valence-corrected chi connectivity index (χ0v) is 12.8. The first kappa shape index (κ1) is 15.1. The zero-order valence-electron chi connectivity index (χ0n) is 12.8. The maximum Gasteiger partial charge on any atom is 0.196 e. The lowest BCUT2D eigenvalue weighted by atomic mass is 10.0. The Hall–Kier alpha value is -2.30. The third kappa shape index (κ3) is 3.24. The van der Waals surface area contributed by atoms with Crippen LogP contribution in [-0.2, 0) is 7.05 Å². The number of hydrogen-bond acceptors (Lipinski definition) is 4. The lowest BCUT2D eigenvalue weighted by Gasteiger charge is -2.11. The zero-order chi connectivity index (χ0) is 15.4. The molecule has 0 aliphatic heterocycles. The van der Waals surface area contributed by atoms with Crippen LogP contribution in [-0.4, -0.2) is 28.8 Å². The molecule has 0 radical (unpaired) electrons. The lowest BCUT2D eigenvalue weighted by molar-refractivity contribution is 0.103. The van der Waals surface area contributed by atoms with Gasteiger partial charge in [-0.05, 0) is 39.0 Å². The first-order valence-electron chi connectivity index (χ1n) is 7.01. The fourth-order valence-electron chi connectivity index (χ4n) is 2.17. The fraction of sp³-hybridized carbons (Fsp3) is 0.375. The molecule has 2 aromatic rings. The number of hydrogen-bond donors (Lipinski definition) is 0. The number of ether oxygens (including phenoxy) is 2. The van der Waals surface area contributed by atoms with Gasteiger partial charge < -0.3 is 9.47 Å². The van der Waals surface area contributed by atoms with E-state index in [-0.39, 0.29) is 5.78 Å². The number of aromatic nitrogens is 2. The molecule has 2 rings (SSSR count). The molecule has 0 saturated carbocycles. The van der Waals surface area contributed by atoms with Crippen LogP contribution in [0.3, 0.4) is 0 Å². The van der Waals surface area contributed by atoms with Crippen LogP contribution in [0.1, 0.15) is 35.5 Å². The Morgan fingerprint density at radius 3 is 2.43 bits per heavy atom. The number of carbonyl (C=O) groups excluding carboxylic acids is 1. The summed E-state index contributed by atoms with van der Waals surface area (Å²) in [6, 6.07) is 5.25. The normalized spacial score (nSPS) is 10.5. The maximum atomic E-state index is 12.6. The molecule has 0 bridgehead atoms. The van der Waals surface area contributed by atoms with Crippen LogP contribution in [0.15, 0.2) is 24.4 Å². The van der Waals surface area contributed by atoms with E-state index < -0.39 is 0 Å². The van der Waals surface area contributed by atoms with Gasteiger partial charge in [0.15, 0.2) is 17.3 Å². The molecular weight excluding hydrogens is 268 g/mol. The Kier molecular flexibility index (Phi) is 4.62. The van der Waals surface area contributed by atoms with Gasteiger partial charge in [-0.25, -0.2) is 0 Å². The summed E-state index contributed by atoms with van der Waals surface area (Å²) < 4.78 is 12.7. The Labute approximate surface area is 124 Å². The van der Waals surface area contributed by atoms with Gasteiger partial charge in [-0.1, -0.05) is 0 Å². The monoisotopic (exact) mass is 288 g/mol. The van der Waals surface area contributed by atoms with Crippen molar-refractivity contribution < 1.29 is 14.3 Å². The van der Waals surface area contributed by atoms with E-state index in [1.807, 2.05) is 20.8 Å². The molecule has 1 aromatic heterocycles. The predicted molar refractivity (Wildman–Crippen MR) is 80.2 cm³/mol. The molecule has 0 amide bonds. The molecule has 0 atom stereocenters. The van der Waals surface area contributed by atoms with Crippen molar-refractivity contribution in [2.75, 3.05) is 13.2 Å². The molecule has 5 nitrogen and oxygen atoms in total. The van der Waals surface area contributed by atoms with Crippen LogP contribution in [0.5, 0.6) is 11.5 Å². The van der Waals surface area contributed by atoms with E-state index >= 15 is 0 Å². The molecule has 0 N–H and O–H groups in total. The molecule has 1 heterocycles. The van der Waals surface area contributed by atoms with E-state index in [4.69, 9.17) is 9.47 Å². The summed E-state index contributed by atoms with van der Waals surface area (Å²) in [5.41, 5.74) is 1.89. The van der Waals surface area contributed by atoms with Crippen LogP contribution in [0.2, 0.25) is 0 Å². The smallest absolute Gasteiger partial charge is 0.196 e. The second kappa shape index (κ2) is 6.43. The molecule has 0 unspecified atom stereocenters. The average Bonchev–Trinajstić information content (AvgIpc) is 2.79. The highest BCUT2D eigenvalue weighted by Crippen LogP contribution is 2.29. The van der Waals surface area contributed by atoms with E-state index in [2.05, 4.69) is 5.10 Å². The van der Waals surface area contributed by atoms with Crippen molar-refractivity contribution in [3.63, 3.8) is 0 Å². The third-order valence-corrected chi connectivity index (χ3v) is 3.06. The maximum absolute atomic E-state index is 12.6. The molecule has 0 spiro atoms. The van der Waals surface area contributed by atoms with E-state index in [0.29, 0.717) is 41.5 Å². The molecule has 1 aromatic carbocycles. The van der Waals surface area contributed by atoms with E-state index in [1.54, 1.807) is 36.1 Å². The largest absolute Gasteiger partial charge is 0.490 e. The molecular formula is C16H20N2O3. The van der Waals surface area contributed by atoms with Gasteiger partial charge in [0.1, 0.15) is 0 Å². The van der Waals surface area contributed by atoms with Crippen LogP contribution in [0.4, 0.5) is 0 Å². The third-order valence-electron chi connectivity index (χ3n) is 3.06. The minimum absolute atomic E-state index is 0.0652. The van der Waals surface area contributed by atoms with Crippen molar-refractivity contribution in [1.82, 2.24) is 9.78 Å². The van der Waals surface area contributed by atoms with E-state index in [0.717, 1.165) is 0 Å². The summed E-state index contributed by atoms with van der Waals surface area (Å²) in [7, 11) is 1.80. The van der Waals surface area contributed by atoms with Gasteiger partial charge in [-0.2, -0.15) is 5.10 Å². The van der Waals surface area contributed by atoms with Crippen LogP contribution >= 0.6 is 0 Å². The van der Waals surface area contributed by atoms with Gasteiger partial charge in [0.05, 0.1) is 24.5 Å². The van der Waals surface area contributed by atoms with Gasteiger partial charge in [-0.3, -0.25) is 9.48 Å². The van der Waals surface area contributed by atoms with Gasteiger partial charge in [-0.15, -0.1) is 0 Å². The van der Waals surface area contributed by atoms with Crippen molar-refractivity contribution in [2.24, 2.45) is 7.05 Å². The number of rotatable bonds is 6. The Morgan fingerprint density at radius 1 is 1.19 bits per heavy atom. The van der Waals surface area contributed by atoms with Crippen LogP contribution < -0.4 is 9.47 Å². The van der Waals surface area contributed by atoms with Crippen molar-refractivity contribution in [1.29, 1.82) is 0 Å². The molecule has 0 fully saturated rings. The van der Waals surface area contributed by atoms with Gasteiger partial charge >= 0.3 is 0 Å². The Morgan fingerprint density at radius 2 is 1.86 bits per heavy atom. The summed E-state index contributed by atoms with van der Waals surface area (Å²) >= 11 is 0. The first-order valence-corrected chi connectivity index (χ1v) is 7.01. The second-order valence-electron chi connectivity index (χ2n) is 4.66. The van der Waals surface area contributed by atoms with Crippen molar-refractivity contribution >= 4 is 5.78 Å². The van der Waals surface area contributed by atoms with Crippen LogP contribution in [0, 0.1) is 6.92 Å².